The predicted molar refractivity (Wildman–Crippen MR) is 119 cm³/mol. The van der Waals surface area contributed by atoms with Crippen LogP contribution in [0.2, 0.25) is 5.02 Å². The maximum absolute atomic E-state index is 12.9. The van der Waals surface area contributed by atoms with Crippen molar-refractivity contribution in [3.05, 3.63) is 75.0 Å². The number of hydrogen-bond donors (Lipinski definition) is 1. The van der Waals surface area contributed by atoms with Crippen molar-refractivity contribution < 1.29 is 9.53 Å². The molecule has 0 fully saturated rings. The highest BCUT2D eigenvalue weighted by atomic mass is 35.5. The van der Waals surface area contributed by atoms with Crippen LogP contribution < -0.4 is 15.6 Å². The quantitative estimate of drug-likeness (QED) is 0.616. The molecule has 2 aromatic carbocycles. The first-order chi connectivity index (χ1) is 14.3. The number of rotatable bonds is 6. The topological polar surface area (TPSA) is 73.2 Å². The van der Waals surface area contributed by atoms with E-state index in [1.807, 2.05) is 39.0 Å². The second-order valence-corrected chi connectivity index (χ2v) is 7.49. The number of carbonyl (C=O) groups excluding carboxylic acids is 1. The van der Waals surface area contributed by atoms with Crippen LogP contribution >= 0.6 is 11.6 Å². The molecule has 0 spiro atoms. The fourth-order valence-electron chi connectivity index (χ4n) is 3.24. The Morgan fingerprint density at radius 2 is 1.93 bits per heavy atom. The molecule has 0 aliphatic heterocycles. The average Bonchev–Trinajstić information content (AvgIpc) is 2.72. The third-order valence-corrected chi connectivity index (χ3v) is 5.19. The summed E-state index contributed by atoms with van der Waals surface area (Å²) in [6.45, 7) is 5.83. The van der Waals surface area contributed by atoms with Crippen molar-refractivity contribution >= 4 is 23.2 Å². The van der Waals surface area contributed by atoms with Crippen molar-refractivity contribution in [3.8, 4) is 17.0 Å². The van der Waals surface area contributed by atoms with E-state index in [9.17, 15) is 9.59 Å². The standard InChI is InChI=1S/C23H24ClN3O3/c1-5-20(23(29)25-16-8-10-21(30-4)18(24)13-16)27-22(28)11-9-19(26-27)17-12-14(2)6-7-15(17)3/h6-13,20H,5H2,1-4H3,(H,25,29). The largest absolute Gasteiger partial charge is 0.495 e. The number of nitrogens with one attached hydrogen (secondary N) is 1. The molecule has 1 N–H and O–H groups in total. The van der Waals surface area contributed by atoms with Crippen molar-refractivity contribution in [3.63, 3.8) is 0 Å². The number of amides is 1. The Labute approximate surface area is 180 Å². The molecule has 7 heteroatoms. The molecular weight excluding hydrogens is 402 g/mol. The van der Waals surface area contributed by atoms with Gasteiger partial charge in [0.1, 0.15) is 11.8 Å². The summed E-state index contributed by atoms with van der Waals surface area (Å²) in [5.74, 6) is 0.173. The average molecular weight is 426 g/mol. The molecule has 1 aromatic heterocycles. The minimum atomic E-state index is -0.761. The lowest BCUT2D eigenvalue weighted by molar-refractivity contribution is -0.119. The maximum atomic E-state index is 12.9. The molecule has 3 rings (SSSR count). The summed E-state index contributed by atoms with van der Waals surface area (Å²) in [5.41, 5.74) is 3.90. The van der Waals surface area contributed by atoms with Crippen LogP contribution in [-0.4, -0.2) is 22.8 Å². The molecule has 0 radical (unpaired) electrons. The van der Waals surface area contributed by atoms with Gasteiger partial charge in [-0.25, -0.2) is 4.68 Å². The molecule has 1 atom stereocenters. The zero-order valence-electron chi connectivity index (χ0n) is 17.4. The van der Waals surface area contributed by atoms with E-state index >= 15 is 0 Å². The van der Waals surface area contributed by atoms with E-state index in [0.717, 1.165) is 16.7 Å². The van der Waals surface area contributed by atoms with Gasteiger partial charge in [-0.05, 0) is 56.2 Å². The van der Waals surface area contributed by atoms with E-state index in [-0.39, 0.29) is 11.5 Å². The first kappa shape index (κ1) is 21.6. The molecule has 0 saturated carbocycles. The zero-order valence-corrected chi connectivity index (χ0v) is 18.2. The molecule has 1 heterocycles. The van der Waals surface area contributed by atoms with Gasteiger partial charge in [0, 0.05) is 17.3 Å². The molecule has 30 heavy (non-hydrogen) atoms. The van der Waals surface area contributed by atoms with Crippen LogP contribution in [0.25, 0.3) is 11.3 Å². The van der Waals surface area contributed by atoms with Gasteiger partial charge in [0.25, 0.3) is 5.56 Å². The Balaban J connectivity index is 1.94. The summed E-state index contributed by atoms with van der Waals surface area (Å²) >= 11 is 6.14. The van der Waals surface area contributed by atoms with Gasteiger partial charge < -0.3 is 10.1 Å². The van der Waals surface area contributed by atoms with Gasteiger partial charge in [0.15, 0.2) is 0 Å². The van der Waals surface area contributed by atoms with Crippen molar-refractivity contribution in [2.45, 2.75) is 33.2 Å². The second-order valence-electron chi connectivity index (χ2n) is 7.08. The van der Waals surface area contributed by atoms with E-state index in [0.29, 0.717) is 28.6 Å². The fourth-order valence-corrected chi connectivity index (χ4v) is 3.50. The summed E-state index contributed by atoms with van der Waals surface area (Å²) in [6.07, 6.45) is 0.402. The van der Waals surface area contributed by atoms with Crippen LogP contribution in [-0.2, 0) is 4.79 Å². The van der Waals surface area contributed by atoms with Crippen LogP contribution in [0.4, 0.5) is 5.69 Å². The van der Waals surface area contributed by atoms with Crippen LogP contribution in [0.3, 0.4) is 0 Å². The fraction of sp³-hybridized carbons (Fsp3) is 0.261. The van der Waals surface area contributed by atoms with Crippen LogP contribution in [0, 0.1) is 13.8 Å². The Kier molecular flexibility index (Phi) is 6.57. The number of aromatic nitrogens is 2. The lowest BCUT2D eigenvalue weighted by atomic mass is 10.0. The normalized spacial score (nSPS) is 11.8. The number of hydrogen-bond acceptors (Lipinski definition) is 4. The number of methoxy groups -OCH3 is 1. The molecule has 0 bridgehead atoms. The number of nitrogens with zero attached hydrogens (tertiary/aromatic N) is 2. The minimum absolute atomic E-state index is 0.334. The molecule has 0 aliphatic rings. The molecule has 1 amide bonds. The van der Waals surface area contributed by atoms with E-state index in [4.69, 9.17) is 16.3 Å². The number of benzene rings is 2. The van der Waals surface area contributed by atoms with Gasteiger partial charge in [-0.2, -0.15) is 5.10 Å². The first-order valence-corrected chi connectivity index (χ1v) is 10.0. The molecule has 0 saturated heterocycles. The van der Waals surface area contributed by atoms with Gasteiger partial charge in [0.2, 0.25) is 5.91 Å². The van der Waals surface area contributed by atoms with Gasteiger partial charge in [-0.15, -0.1) is 0 Å². The van der Waals surface area contributed by atoms with E-state index in [2.05, 4.69) is 10.4 Å². The van der Waals surface area contributed by atoms with Crippen LogP contribution in [0.15, 0.2) is 53.3 Å². The number of anilines is 1. The van der Waals surface area contributed by atoms with Gasteiger partial charge in [-0.1, -0.05) is 36.2 Å². The summed E-state index contributed by atoms with van der Waals surface area (Å²) in [6, 6.07) is 13.4. The summed E-state index contributed by atoms with van der Waals surface area (Å²) in [7, 11) is 1.52. The highest BCUT2D eigenvalue weighted by molar-refractivity contribution is 6.32. The lowest BCUT2D eigenvalue weighted by Crippen LogP contribution is -2.34. The zero-order chi connectivity index (χ0) is 21.8. The highest BCUT2D eigenvalue weighted by Crippen LogP contribution is 2.28. The van der Waals surface area contributed by atoms with E-state index in [1.165, 1.54) is 17.9 Å². The second kappa shape index (κ2) is 9.13. The van der Waals surface area contributed by atoms with Gasteiger partial charge >= 0.3 is 0 Å². The maximum Gasteiger partial charge on any atom is 0.267 e. The molecule has 6 nitrogen and oxygen atoms in total. The number of halogens is 1. The number of carbonyl (C=O) groups is 1. The Bertz CT molecular complexity index is 1140. The number of ether oxygens (including phenoxy) is 1. The predicted octanol–water partition coefficient (Wildman–Crippen LogP) is 4.78. The van der Waals surface area contributed by atoms with Crippen LogP contribution in [0.5, 0.6) is 5.75 Å². The number of aryl methyl sites for hydroxylation is 2. The minimum Gasteiger partial charge on any atom is -0.495 e. The first-order valence-electron chi connectivity index (χ1n) is 9.66. The molecular formula is C23H24ClN3O3. The Morgan fingerprint density at radius 1 is 1.17 bits per heavy atom. The van der Waals surface area contributed by atoms with Gasteiger partial charge in [-0.3, -0.25) is 9.59 Å². The highest BCUT2D eigenvalue weighted by Gasteiger charge is 2.22. The molecule has 1 unspecified atom stereocenters. The summed E-state index contributed by atoms with van der Waals surface area (Å²) in [5, 5.41) is 7.72. The Morgan fingerprint density at radius 3 is 2.60 bits per heavy atom. The summed E-state index contributed by atoms with van der Waals surface area (Å²) in [4.78, 5) is 25.5. The molecule has 0 aliphatic carbocycles. The molecule has 156 valence electrons. The Hall–Kier alpha value is -3.12. The van der Waals surface area contributed by atoms with Crippen molar-refractivity contribution in [2.75, 3.05) is 12.4 Å². The summed E-state index contributed by atoms with van der Waals surface area (Å²) < 4.78 is 6.38. The van der Waals surface area contributed by atoms with Crippen molar-refractivity contribution in [1.82, 2.24) is 9.78 Å². The van der Waals surface area contributed by atoms with E-state index in [1.54, 1.807) is 24.3 Å². The van der Waals surface area contributed by atoms with E-state index < -0.39 is 6.04 Å². The molecule has 3 aromatic rings. The van der Waals surface area contributed by atoms with Crippen molar-refractivity contribution in [2.24, 2.45) is 0 Å². The lowest BCUT2D eigenvalue weighted by Gasteiger charge is -2.18. The third kappa shape index (κ3) is 4.54. The van der Waals surface area contributed by atoms with Crippen LogP contribution in [0.1, 0.15) is 30.5 Å². The smallest absolute Gasteiger partial charge is 0.267 e. The monoisotopic (exact) mass is 425 g/mol. The van der Waals surface area contributed by atoms with Crippen molar-refractivity contribution in [1.29, 1.82) is 0 Å². The van der Waals surface area contributed by atoms with Gasteiger partial charge in [0.05, 0.1) is 17.8 Å². The third-order valence-electron chi connectivity index (χ3n) is 4.90. The SMILES string of the molecule is CCC(C(=O)Nc1ccc(OC)c(Cl)c1)n1nc(-c2cc(C)ccc2C)ccc1=O.